The molecule has 0 spiro atoms. The second-order valence-corrected chi connectivity index (χ2v) is 8.07. The quantitative estimate of drug-likeness (QED) is 0.564. The molecule has 0 aliphatic carbocycles. The lowest BCUT2D eigenvalue weighted by atomic mass is 10.2. The van der Waals surface area contributed by atoms with Crippen LogP contribution in [0, 0.1) is 0 Å². The summed E-state index contributed by atoms with van der Waals surface area (Å²) < 4.78 is 0. The zero-order valence-electron chi connectivity index (χ0n) is 15.8. The van der Waals surface area contributed by atoms with E-state index in [1.54, 1.807) is 29.9 Å². The summed E-state index contributed by atoms with van der Waals surface area (Å²) in [4.78, 5) is 35.2. The van der Waals surface area contributed by atoms with Gasteiger partial charge in [0, 0.05) is 43.4 Å². The van der Waals surface area contributed by atoms with E-state index < -0.39 is 0 Å². The summed E-state index contributed by atoms with van der Waals surface area (Å²) >= 11 is 1.57. The molecular weight excluding hydrogens is 384 g/mol. The molecule has 3 aromatic heterocycles. The smallest absolute Gasteiger partial charge is 0.259 e. The van der Waals surface area contributed by atoms with E-state index in [1.807, 2.05) is 24.3 Å². The molecule has 7 nitrogen and oxygen atoms in total. The summed E-state index contributed by atoms with van der Waals surface area (Å²) in [5.41, 5.74) is 1.04. The molecular formula is C21H20N6OS. The highest BCUT2D eigenvalue weighted by atomic mass is 32.1. The molecule has 0 unspecified atom stereocenters. The number of hydrogen-bond donors (Lipinski definition) is 1. The third kappa shape index (κ3) is 3.76. The first-order valence-electron chi connectivity index (χ1n) is 9.58. The Kier molecular flexibility index (Phi) is 4.79. The van der Waals surface area contributed by atoms with Crippen molar-refractivity contribution in [2.24, 2.45) is 0 Å². The van der Waals surface area contributed by atoms with Crippen LogP contribution >= 0.6 is 11.3 Å². The SMILES string of the molecule is O=c1[nH]c(CN2CCN(c3cnccn3)CC2)nc2sc(-c3ccccc3)cc12. The van der Waals surface area contributed by atoms with Gasteiger partial charge in [0.1, 0.15) is 16.5 Å². The highest BCUT2D eigenvalue weighted by Crippen LogP contribution is 2.30. The molecule has 146 valence electrons. The highest BCUT2D eigenvalue weighted by molar-refractivity contribution is 7.21. The van der Waals surface area contributed by atoms with Crippen molar-refractivity contribution in [2.45, 2.75) is 6.54 Å². The van der Waals surface area contributed by atoms with Crippen molar-refractivity contribution < 1.29 is 0 Å². The van der Waals surface area contributed by atoms with Crippen molar-refractivity contribution in [3.63, 3.8) is 0 Å². The number of thiophene rings is 1. The lowest BCUT2D eigenvalue weighted by Crippen LogP contribution is -2.46. The molecule has 4 aromatic rings. The van der Waals surface area contributed by atoms with Gasteiger partial charge in [-0.05, 0) is 11.6 Å². The van der Waals surface area contributed by atoms with Crippen LogP contribution in [0.1, 0.15) is 5.82 Å². The van der Waals surface area contributed by atoms with Gasteiger partial charge in [-0.1, -0.05) is 30.3 Å². The van der Waals surface area contributed by atoms with Crippen molar-refractivity contribution in [3.05, 3.63) is 71.2 Å². The lowest BCUT2D eigenvalue weighted by Gasteiger charge is -2.34. The van der Waals surface area contributed by atoms with Crippen molar-refractivity contribution in [1.29, 1.82) is 0 Å². The van der Waals surface area contributed by atoms with Gasteiger partial charge in [0.05, 0.1) is 18.1 Å². The maximum Gasteiger partial charge on any atom is 0.259 e. The zero-order valence-corrected chi connectivity index (χ0v) is 16.6. The number of nitrogens with one attached hydrogen (secondary N) is 1. The fourth-order valence-corrected chi connectivity index (χ4v) is 4.65. The van der Waals surface area contributed by atoms with Crippen LogP contribution in [0.15, 0.2) is 59.8 Å². The summed E-state index contributed by atoms with van der Waals surface area (Å²) in [6, 6.07) is 12.0. The van der Waals surface area contributed by atoms with Crippen LogP contribution < -0.4 is 10.5 Å². The van der Waals surface area contributed by atoms with Gasteiger partial charge < -0.3 is 9.88 Å². The fourth-order valence-electron chi connectivity index (χ4n) is 3.60. The first kappa shape index (κ1) is 18.0. The third-order valence-corrected chi connectivity index (χ3v) is 6.21. The Balaban J connectivity index is 1.32. The summed E-state index contributed by atoms with van der Waals surface area (Å²) in [6.07, 6.45) is 5.20. The summed E-state index contributed by atoms with van der Waals surface area (Å²) in [5, 5.41) is 0.657. The number of benzene rings is 1. The molecule has 0 bridgehead atoms. The van der Waals surface area contributed by atoms with Gasteiger partial charge in [0.15, 0.2) is 0 Å². The first-order chi connectivity index (χ1) is 14.3. The number of piperazine rings is 1. The van der Waals surface area contributed by atoms with Crippen molar-refractivity contribution >= 4 is 27.4 Å². The average Bonchev–Trinajstić information content (AvgIpc) is 3.20. The molecule has 0 amide bonds. The predicted molar refractivity (Wildman–Crippen MR) is 115 cm³/mol. The molecule has 29 heavy (non-hydrogen) atoms. The van der Waals surface area contributed by atoms with Crippen LogP contribution in [-0.2, 0) is 6.54 Å². The Labute approximate surface area is 171 Å². The molecule has 0 saturated carbocycles. The standard InChI is InChI=1S/C21H20N6OS/c28-20-16-12-17(15-4-2-1-3-5-15)29-21(16)25-18(24-20)14-26-8-10-27(11-9-26)19-13-22-6-7-23-19/h1-7,12-13H,8-11,14H2,(H,24,25,28). The Morgan fingerprint density at radius 3 is 2.66 bits per heavy atom. The van der Waals surface area contributed by atoms with E-state index in [1.165, 1.54) is 0 Å². The topological polar surface area (TPSA) is 78.0 Å². The number of hydrogen-bond acceptors (Lipinski definition) is 7. The predicted octanol–water partition coefficient (Wildman–Crippen LogP) is 2.76. The number of aromatic nitrogens is 4. The molecule has 1 saturated heterocycles. The fraction of sp³-hybridized carbons (Fsp3) is 0.238. The van der Waals surface area contributed by atoms with E-state index in [4.69, 9.17) is 4.98 Å². The Morgan fingerprint density at radius 1 is 1.07 bits per heavy atom. The molecule has 1 aromatic carbocycles. The maximum atomic E-state index is 12.6. The normalized spacial score (nSPS) is 15.1. The molecule has 1 aliphatic heterocycles. The van der Waals surface area contributed by atoms with Crippen molar-refractivity contribution in [1.82, 2.24) is 24.8 Å². The van der Waals surface area contributed by atoms with Crippen LogP contribution in [0.3, 0.4) is 0 Å². The van der Waals surface area contributed by atoms with Crippen LogP contribution in [0.25, 0.3) is 20.7 Å². The minimum absolute atomic E-state index is 0.0679. The van der Waals surface area contributed by atoms with Gasteiger partial charge in [-0.15, -0.1) is 11.3 Å². The molecule has 1 aliphatic rings. The lowest BCUT2D eigenvalue weighted by molar-refractivity contribution is 0.243. The van der Waals surface area contributed by atoms with Gasteiger partial charge in [0.2, 0.25) is 0 Å². The number of aromatic amines is 1. The number of rotatable bonds is 4. The number of anilines is 1. The molecule has 8 heteroatoms. The highest BCUT2D eigenvalue weighted by Gasteiger charge is 2.19. The van der Waals surface area contributed by atoms with E-state index in [9.17, 15) is 4.79 Å². The Bertz CT molecular complexity index is 1170. The molecule has 1 N–H and O–H groups in total. The average molecular weight is 404 g/mol. The summed E-state index contributed by atoms with van der Waals surface area (Å²) in [6.45, 7) is 4.17. The van der Waals surface area contributed by atoms with Gasteiger partial charge in [-0.3, -0.25) is 14.7 Å². The minimum atomic E-state index is -0.0679. The largest absolute Gasteiger partial charge is 0.353 e. The minimum Gasteiger partial charge on any atom is -0.353 e. The third-order valence-electron chi connectivity index (χ3n) is 5.13. The van der Waals surface area contributed by atoms with E-state index in [0.717, 1.165) is 53.1 Å². The molecule has 0 radical (unpaired) electrons. The number of nitrogens with zero attached hydrogens (tertiary/aromatic N) is 5. The molecule has 5 rings (SSSR count). The van der Waals surface area contributed by atoms with Crippen LogP contribution in [0.2, 0.25) is 0 Å². The second kappa shape index (κ2) is 7.73. The number of H-pyrrole nitrogens is 1. The van der Waals surface area contributed by atoms with E-state index in [2.05, 4.69) is 36.9 Å². The van der Waals surface area contributed by atoms with Crippen LogP contribution in [0.4, 0.5) is 5.82 Å². The van der Waals surface area contributed by atoms with E-state index >= 15 is 0 Å². The van der Waals surface area contributed by atoms with Crippen LogP contribution in [0.5, 0.6) is 0 Å². The molecule has 1 fully saturated rings. The molecule has 4 heterocycles. The maximum absolute atomic E-state index is 12.6. The van der Waals surface area contributed by atoms with Gasteiger partial charge in [-0.2, -0.15) is 0 Å². The Morgan fingerprint density at radius 2 is 1.90 bits per heavy atom. The van der Waals surface area contributed by atoms with E-state index in [0.29, 0.717) is 11.9 Å². The second-order valence-electron chi connectivity index (χ2n) is 7.03. The van der Waals surface area contributed by atoms with Gasteiger partial charge in [-0.25, -0.2) is 9.97 Å². The zero-order chi connectivity index (χ0) is 19.6. The van der Waals surface area contributed by atoms with Crippen molar-refractivity contribution in [2.75, 3.05) is 31.1 Å². The van der Waals surface area contributed by atoms with Gasteiger partial charge in [0.25, 0.3) is 5.56 Å². The van der Waals surface area contributed by atoms with Crippen molar-refractivity contribution in [3.8, 4) is 10.4 Å². The summed E-state index contributed by atoms with van der Waals surface area (Å²) in [7, 11) is 0. The summed E-state index contributed by atoms with van der Waals surface area (Å²) in [5.74, 6) is 1.63. The van der Waals surface area contributed by atoms with Gasteiger partial charge >= 0.3 is 0 Å². The first-order valence-corrected chi connectivity index (χ1v) is 10.4. The molecule has 0 atom stereocenters. The monoisotopic (exact) mass is 404 g/mol. The van der Waals surface area contributed by atoms with Crippen LogP contribution in [-0.4, -0.2) is 51.0 Å². The van der Waals surface area contributed by atoms with E-state index in [-0.39, 0.29) is 5.56 Å². The number of fused-ring (bicyclic) bond motifs is 1. The Hall–Kier alpha value is -3.10.